The van der Waals surface area contributed by atoms with Crippen LogP contribution in [0.25, 0.3) is 11.4 Å². The molecule has 1 heterocycles. The molecular weight excluding hydrogens is 368 g/mol. The minimum atomic E-state index is -0.239. The van der Waals surface area contributed by atoms with Gasteiger partial charge in [0.2, 0.25) is 5.91 Å². The predicted octanol–water partition coefficient (Wildman–Crippen LogP) is 4.62. The zero-order valence-electron chi connectivity index (χ0n) is 16.4. The summed E-state index contributed by atoms with van der Waals surface area (Å²) in [6, 6.07) is 9.95. The van der Waals surface area contributed by atoms with Crippen LogP contribution in [0.2, 0.25) is 0 Å². The summed E-state index contributed by atoms with van der Waals surface area (Å²) >= 11 is 1.43. The molecule has 3 rings (SSSR count). The Morgan fingerprint density at radius 1 is 1.32 bits per heavy atom. The zero-order valence-corrected chi connectivity index (χ0v) is 17.3. The van der Waals surface area contributed by atoms with Crippen molar-refractivity contribution in [1.82, 2.24) is 20.1 Å². The highest BCUT2D eigenvalue weighted by Gasteiger charge is 2.20. The number of nitrogens with zero attached hydrogens (tertiary/aromatic N) is 3. The maximum absolute atomic E-state index is 12.5. The van der Waals surface area contributed by atoms with Gasteiger partial charge in [-0.2, -0.15) is 0 Å². The number of nitrogens with one attached hydrogen (secondary N) is 1. The van der Waals surface area contributed by atoms with E-state index in [9.17, 15) is 4.79 Å². The summed E-state index contributed by atoms with van der Waals surface area (Å²) in [5, 5.41) is 12.2. The van der Waals surface area contributed by atoms with Crippen LogP contribution in [0.4, 0.5) is 0 Å². The number of carbonyl (C=O) groups excluding carboxylic acids is 1. The van der Waals surface area contributed by atoms with Crippen molar-refractivity contribution in [2.45, 2.75) is 56.0 Å². The molecule has 0 saturated heterocycles. The Labute approximate surface area is 171 Å². The van der Waals surface area contributed by atoms with E-state index in [1.807, 2.05) is 47.9 Å². The minimum absolute atomic E-state index is 0.0378. The van der Waals surface area contributed by atoms with E-state index in [0.717, 1.165) is 23.0 Å². The van der Waals surface area contributed by atoms with Gasteiger partial charge < -0.3 is 5.32 Å². The second-order valence-electron chi connectivity index (χ2n) is 6.98. The van der Waals surface area contributed by atoms with Gasteiger partial charge in [-0.05, 0) is 39.0 Å². The summed E-state index contributed by atoms with van der Waals surface area (Å²) in [7, 11) is 0. The fourth-order valence-corrected chi connectivity index (χ4v) is 4.19. The van der Waals surface area contributed by atoms with Crippen molar-refractivity contribution in [1.29, 1.82) is 0 Å². The molecule has 0 spiro atoms. The normalized spacial score (nSPS) is 15.0. The lowest BCUT2D eigenvalue weighted by Crippen LogP contribution is -2.32. The second kappa shape index (κ2) is 10.3. The van der Waals surface area contributed by atoms with Crippen molar-refractivity contribution in [2.75, 3.05) is 6.54 Å². The van der Waals surface area contributed by atoms with Crippen LogP contribution < -0.4 is 5.32 Å². The molecule has 1 unspecified atom stereocenters. The van der Waals surface area contributed by atoms with Crippen LogP contribution in [0.15, 0.2) is 59.8 Å². The van der Waals surface area contributed by atoms with E-state index in [2.05, 4.69) is 28.2 Å². The molecule has 0 saturated carbocycles. The van der Waals surface area contributed by atoms with E-state index in [0.29, 0.717) is 13.1 Å². The molecule has 1 aliphatic carbocycles. The first-order chi connectivity index (χ1) is 13.7. The molecule has 2 aromatic rings. The summed E-state index contributed by atoms with van der Waals surface area (Å²) in [4.78, 5) is 12.5. The van der Waals surface area contributed by atoms with Crippen LogP contribution >= 0.6 is 11.8 Å². The smallest absolute Gasteiger partial charge is 0.233 e. The Kier molecular flexibility index (Phi) is 7.48. The Bertz CT molecular complexity index is 828. The molecule has 0 fully saturated rings. The molecule has 0 aliphatic heterocycles. The third-order valence-corrected chi connectivity index (χ3v) is 5.92. The number of amides is 1. The van der Waals surface area contributed by atoms with Gasteiger partial charge in [-0.15, -0.1) is 16.8 Å². The summed E-state index contributed by atoms with van der Waals surface area (Å²) in [5.74, 6) is 0.829. The molecule has 0 radical (unpaired) electrons. The SMILES string of the molecule is C=CCn1c(SC(C)C(=O)NCCC2=CCCCC2)nnc1-c1ccccc1. The molecule has 1 aromatic heterocycles. The quantitative estimate of drug-likeness (QED) is 0.496. The number of hydrogen-bond donors (Lipinski definition) is 1. The monoisotopic (exact) mass is 396 g/mol. The lowest BCUT2D eigenvalue weighted by Gasteiger charge is -2.15. The van der Waals surface area contributed by atoms with Gasteiger partial charge in [0.1, 0.15) is 0 Å². The molecule has 1 atom stereocenters. The maximum Gasteiger partial charge on any atom is 0.233 e. The second-order valence-corrected chi connectivity index (χ2v) is 8.29. The summed E-state index contributed by atoms with van der Waals surface area (Å²) in [6.07, 6.45) is 10.0. The fraction of sp³-hybridized carbons (Fsp3) is 0.409. The molecule has 148 valence electrons. The van der Waals surface area contributed by atoms with Crippen LogP contribution in [0.3, 0.4) is 0 Å². The van der Waals surface area contributed by atoms with E-state index in [1.54, 1.807) is 0 Å². The number of hydrogen-bond acceptors (Lipinski definition) is 4. The van der Waals surface area contributed by atoms with Crippen LogP contribution in [0.5, 0.6) is 0 Å². The van der Waals surface area contributed by atoms with Crippen molar-refractivity contribution >= 4 is 17.7 Å². The molecule has 0 bridgehead atoms. The van der Waals surface area contributed by atoms with Gasteiger partial charge in [-0.1, -0.05) is 59.8 Å². The topological polar surface area (TPSA) is 59.8 Å². The fourth-order valence-electron chi connectivity index (χ4n) is 3.30. The maximum atomic E-state index is 12.5. The van der Waals surface area contributed by atoms with Crippen LogP contribution in [-0.2, 0) is 11.3 Å². The first kappa shape index (κ1) is 20.4. The average molecular weight is 397 g/mol. The summed E-state index contributed by atoms with van der Waals surface area (Å²) in [5.41, 5.74) is 2.48. The number of rotatable bonds is 9. The summed E-state index contributed by atoms with van der Waals surface area (Å²) < 4.78 is 2.00. The van der Waals surface area contributed by atoms with E-state index in [4.69, 9.17) is 0 Å². The van der Waals surface area contributed by atoms with Crippen LogP contribution in [-0.4, -0.2) is 32.5 Å². The van der Waals surface area contributed by atoms with E-state index in [-0.39, 0.29) is 11.2 Å². The highest BCUT2D eigenvalue weighted by atomic mass is 32.2. The highest BCUT2D eigenvalue weighted by molar-refractivity contribution is 8.00. The standard InChI is InChI=1S/C22H28N4OS/c1-3-16-26-20(19-12-8-5-9-13-19)24-25-22(26)28-17(2)21(27)23-15-14-18-10-6-4-7-11-18/h3,5,8-10,12-13,17H,1,4,6-7,11,14-16H2,2H3,(H,23,27). The lowest BCUT2D eigenvalue weighted by atomic mass is 9.97. The van der Waals surface area contributed by atoms with Gasteiger partial charge in [0.25, 0.3) is 0 Å². The van der Waals surface area contributed by atoms with Crippen molar-refractivity contribution in [3.05, 3.63) is 54.6 Å². The van der Waals surface area contributed by atoms with Gasteiger partial charge in [0.15, 0.2) is 11.0 Å². The van der Waals surface area contributed by atoms with Crippen molar-refractivity contribution in [2.24, 2.45) is 0 Å². The molecule has 1 N–H and O–H groups in total. The van der Waals surface area contributed by atoms with Gasteiger partial charge in [0, 0.05) is 18.7 Å². The van der Waals surface area contributed by atoms with Gasteiger partial charge in [0.05, 0.1) is 5.25 Å². The molecule has 28 heavy (non-hydrogen) atoms. The number of benzene rings is 1. The zero-order chi connectivity index (χ0) is 19.8. The van der Waals surface area contributed by atoms with Crippen molar-refractivity contribution in [3.8, 4) is 11.4 Å². The molecule has 1 aliphatic rings. The molecule has 6 heteroatoms. The first-order valence-electron chi connectivity index (χ1n) is 9.91. The van der Waals surface area contributed by atoms with Crippen LogP contribution in [0.1, 0.15) is 39.0 Å². The van der Waals surface area contributed by atoms with E-state index in [1.165, 1.54) is 43.0 Å². The van der Waals surface area contributed by atoms with Crippen LogP contribution in [0, 0.1) is 0 Å². The van der Waals surface area contributed by atoms with Crippen molar-refractivity contribution < 1.29 is 4.79 Å². The molecule has 5 nitrogen and oxygen atoms in total. The Morgan fingerprint density at radius 3 is 2.86 bits per heavy atom. The average Bonchev–Trinajstić information content (AvgIpc) is 3.12. The first-order valence-corrected chi connectivity index (χ1v) is 10.8. The number of carbonyl (C=O) groups is 1. The highest BCUT2D eigenvalue weighted by Crippen LogP contribution is 2.27. The van der Waals surface area contributed by atoms with Gasteiger partial charge in [-0.3, -0.25) is 9.36 Å². The predicted molar refractivity (Wildman–Crippen MR) is 115 cm³/mol. The van der Waals surface area contributed by atoms with Crippen molar-refractivity contribution in [3.63, 3.8) is 0 Å². The van der Waals surface area contributed by atoms with E-state index < -0.39 is 0 Å². The van der Waals surface area contributed by atoms with Gasteiger partial charge >= 0.3 is 0 Å². The summed E-state index contributed by atoms with van der Waals surface area (Å²) in [6.45, 7) is 7.05. The number of thioether (sulfide) groups is 1. The molecule has 1 aromatic carbocycles. The lowest BCUT2D eigenvalue weighted by molar-refractivity contribution is -0.120. The third-order valence-electron chi connectivity index (χ3n) is 4.84. The molecular formula is C22H28N4OS. The minimum Gasteiger partial charge on any atom is -0.355 e. The Hall–Kier alpha value is -2.34. The number of aromatic nitrogens is 3. The largest absolute Gasteiger partial charge is 0.355 e. The van der Waals surface area contributed by atoms with E-state index >= 15 is 0 Å². The molecule has 1 amide bonds. The van der Waals surface area contributed by atoms with Gasteiger partial charge in [-0.25, -0.2) is 0 Å². The Morgan fingerprint density at radius 2 is 2.14 bits per heavy atom. The number of allylic oxidation sites excluding steroid dienone is 2. The Balaban J connectivity index is 1.60. The third kappa shape index (κ3) is 5.35.